The fraction of sp³-hybridized carbons (Fsp3) is 0.417. The van der Waals surface area contributed by atoms with Gasteiger partial charge in [-0.3, -0.25) is 0 Å². The van der Waals surface area contributed by atoms with E-state index in [9.17, 15) is 9.90 Å². The highest BCUT2D eigenvalue weighted by atomic mass is 79.9. The molecular formula is C12H13BrO5. The molecule has 0 aliphatic carbocycles. The quantitative estimate of drug-likeness (QED) is 0.865. The number of halogens is 1. The summed E-state index contributed by atoms with van der Waals surface area (Å²) in [5, 5.41) is 9.96. The van der Waals surface area contributed by atoms with E-state index in [4.69, 9.17) is 14.2 Å². The van der Waals surface area contributed by atoms with Gasteiger partial charge in [0.25, 0.3) is 0 Å². The van der Waals surface area contributed by atoms with Gasteiger partial charge >= 0.3 is 5.97 Å². The summed E-state index contributed by atoms with van der Waals surface area (Å²) in [6, 6.07) is 1.64. The molecule has 6 heteroatoms. The largest absolute Gasteiger partial charge is 0.464 e. The third kappa shape index (κ3) is 2.18. The Kier molecular flexibility index (Phi) is 3.77. The summed E-state index contributed by atoms with van der Waals surface area (Å²) in [6.07, 6.45) is -1.32. The zero-order valence-corrected chi connectivity index (χ0v) is 11.6. The van der Waals surface area contributed by atoms with Crippen LogP contribution in [-0.2, 0) is 9.53 Å². The molecule has 98 valence electrons. The Balaban J connectivity index is 2.40. The summed E-state index contributed by atoms with van der Waals surface area (Å²) >= 11 is 3.32. The highest BCUT2D eigenvalue weighted by Gasteiger charge is 2.28. The Morgan fingerprint density at radius 1 is 1.56 bits per heavy atom. The van der Waals surface area contributed by atoms with Crippen LogP contribution < -0.4 is 9.47 Å². The predicted molar refractivity (Wildman–Crippen MR) is 66.6 cm³/mol. The zero-order valence-electron chi connectivity index (χ0n) is 10.0. The van der Waals surface area contributed by atoms with Crippen LogP contribution in [0.4, 0.5) is 0 Å². The summed E-state index contributed by atoms with van der Waals surface area (Å²) in [4.78, 5) is 11.5. The molecule has 0 saturated heterocycles. The number of benzene rings is 1. The monoisotopic (exact) mass is 316 g/mol. The van der Waals surface area contributed by atoms with Crippen molar-refractivity contribution in [3.05, 3.63) is 21.7 Å². The second-order valence-corrected chi connectivity index (χ2v) is 4.65. The van der Waals surface area contributed by atoms with Gasteiger partial charge in [0.2, 0.25) is 6.79 Å². The van der Waals surface area contributed by atoms with E-state index in [0.717, 1.165) is 0 Å². The lowest BCUT2D eigenvalue weighted by Gasteiger charge is -2.14. The number of ether oxygens (including phenoxy) is 3. The number of rotatable bonds is 3. The summed E-state index contributed by atoms with van der Waals surface area (Å²) < 4.78 is 16.0. The Labute approximate surface area is 113 Å². The van der Waals surface area contributed by atoms with Gasteiger partial charge in [0.05, 0.1) is 11.1 Å². The van der Waals surface area contributed by atoms with E-state index in [-0.39, 0.29) is 13.4 Å². The fourth-order valence-corrected chi connectivity index (χ4v) is 2.35. The van der Waals surface area contributed by atoms with Crippen molar-refractivity contribution >= 4 is 21.9 Å². The van der Waals surface area contributed by atoms with Crippen molar-refractivity contribution in [2.24, 2.45) is 0 Å². The molecule has 0 radical (unpaired) electrons. The van der Waals surface area contributed by atoms with Crippen molar-refractivity contribution in [1.82, 2.24) is 0 Å². The maximum atomic E-state index is 11.5. The molecule has 1 atom stereocenters. The third-order valence-corrected chi connectivity index (χ3v) is 3.28. The summed E-state index contributed by atoms with van der Waals surface area (Å²) in [5.74, 6) is 0.460. The normalized spacial score (nSPS) is 14.4. The molecule has 0 aromatic heterocycles. The van der Waals surface area contributed by atoms with Crippen LogP contribution in [0.25, 0.3) is 0 Å². The van der Waals surface area contributed by atoms with Crippen molar-refractivity contribution in [2.45, 2.75) is 20.0 Å². The Bertz CT molecular complexity index is 486. The smallest absolute Gasteiger partial charge is 0.339 e. The van der Waals surface area contributed by atoms with Gasteiger partial charge < -0.3 is 19.3 Å². The maximum absolute atomic E-state index is 11.5. The van der Waals surface area contributed by atoms with Crippen molar-refractivity contribution in [3.63, 3.8) is 0 Å². The average Bonchev–Trinajstić information content (AvgIpc) is 2.83. The SMILES string of the molecule is CCOC(=O)C(O)c1cc(Br)c2c(c1C)OCO2. The van der Waals surface area contributed by atoms with Gasteiger partial charge in [-0.15, -0.1) is 0 Å². The average molecular weight is 317 g/mol. The second-order valence-electron chi connectivity index (χ2n) is 3.79. The van der Waals surface area contributed by atoms with E-state index in [1.807, 2.05) is 0 Å². The van der Waals surface area contributed by atoms with Gasteiger partial charge in [0.1, 0.15) is 0 Å². The third-order valence-electron chi connectivity index (χ3n) is 2.69. The Morgan fingerprint density at radius 3 is 2.89 bits per heavy atom. The minimum absolute atomic E-state index is 0.133. The van der Waals surface area contributed by atoms with E-state index < -0.39 is 12.1 Å². The molecule has 0 spiro atoms. The van der Waals surface area contributed by atoms with Crippen LogP contribution >= 0.6 is 15.9 Å². The van der Waals surface area contributed by atoms with Gasteiger partial charge in [-0.1, -0.05) is 0 Å². The first-order valence-corrected chi connectivity index (χ1v) is 6.28. The molecule has 1 aliphatic rings. The highest BCUT2D eigenvalue weighted by Crippen LogP contribution is 2.44. The van der Waals surface area contributed by atoms with Crippen LogP contribution in [0.5, 0.6) is 11.5 Å². The number of carbonyl (C=O) groups is 1. The lowest BCUT2D eigenvalue weighted by Crippen LogP contribution is -2.16. The number of esters is 1. The Morgan fingerprint density at radius 2 is 2.22 bits per heavy atom. The summed E-state index contributed by atoms with van der Waals surface area (Å²) in [6.45, 7) is 3.80. The topological polar surface area (TPSA) is 65.0 Å². The first-order valence-electron chi connectivity index (χ1n) is 5.49. The van der Waals surface area contributed by atoms with Crippen LogP contribution in [0.1, 0.15) is 24.2 Å². The van der Waals surface area contributed by atoms with Crippen LogP contribution in [0.3, 0.4) is 0 Å². The molecule has 18 heavy (non-hydrogen) atoms. The Hall–Kier alpha value is -1.27. The van der Waals surface area contributed by atoms with Gasteiger partial charge in [-0.05, 0) is 41.4 Å². The van der Waals surface area contributed by atoms with E-state index in [0.29, 0.717) is 27.1 Å². The molecule has 1 unspecified atom stereocenters. The van der Waals surface area contributed by atoms with Gasteiger partial charge in [-0.25, -0.2) is 4.79 Å². The number of aliphatic hydroxyl groups is 1. The van der Waals surface area contributed by atoms with Crippen molar-refractivity contribution in [3.8, 4) is 11.5 Å². The minimum atomic E-state index is -1.32. The molecular weight excluding hydrogens is 304 g/mol. The molecule has 1 heterocycles. The van der Waals surface area contributed by atoms with Gasteiger partial charge in [-0.2, -0.15) is 0 Å². The molecule has 0 bridgehead atoms. The van der Waals surface area contributed by atoms with Crippen LogP contribution in [-0.4, -0.2) is 24.5 Å². The number of hydrogen-bond donors (Lipinski definition) is 1. The zero-order chi connectivity index (χ0) is 13.3. The molecule has 0 fully saturated rings. The van der Waals surface area contributed by atoms with Crippen molar-refractivity contribution in [2.75, 3.05) is 13.4 Å². The summed E-state index contributed by atoms with van der Waals surface area (Å²) in [5.41, 5.74) is 1.12. The van der Waals surface area contributed by atoms with Crippen LogP contribution in [0.15, 0.2) is 10.5 Å². The number of carbonyl (C=O) groups excluding carboxylic acids is 1. The molecule has 1 aliphatic heterocycles. The molecule has 1 N–H and O–H groups in total. The number of hydrogen-bond acceptors (Lipinski definition) is 5. The molecule has 0 saturated carbocycles. The standard InChI is InChI=1S/C12H13BrO5/c1-3-16-12(15)9(14)7-4-8(13)11-10(6(7)2)17-5-18-11/h4,9,14H,3,5H2,1-2H3. The summed E-state index contributed by atoms with van der Waals surface area (Å²) in [7, 11) is 0. The van der Waals surface area contributed by atoms with E-state index in [2.05, 4.69) is 15.9 Å². The van der Waals surface area contributed by atoms with E-state index in [1.54, 1.807) is 19.9 Å². The first-order chi connectivity index (χ1) is 8.56. The van der Waals surface area contributed by atoms with E-state index >= 15 is 0 Å². The minimum Gasteiger partial charge on any atom is -0.464 e. The molecule has 1 aromatic carbocycles. The number of fused-ring (bicyclic) bond motifs is 1. The van der Waals surface area contributed by atoms with Crippen molar-refractivity contribution in [1.29, 1.82) is 0 Å². The maximum Gasteiger partial charge on any atom is 0.339 e. The molecule has 0 amide bonds. The highest BCUT2D eigenvalue weighted by molar-refractivity contribution is 9.10. The molecule has 1 aromatic rings. The van der Waals surface area contributed by atoms with Crippen LogP contribution in [0.2, 0.25) is 0 Å². The van der Waals surface area contributed by atoms with Gasteiger partial charge in [0.15, 0.2) is 17.6 Å². The lowest BCUT2D eigenvalue weighted by atomic mass is 10.0. The number of aliphatic hydroxyl groups excluding tert-OH is 1. The molecule has 2 rings (SSSR count). The van der Waals surface area contributed by atoms with Crippen molar-refractivity contribution < 1.29 is 24.1 Å². The first kappa shape index (κ1) is 13.2. The molecule has 5 nitrogen and oxygen atoms in total. The van der Waals surface area contributed by atoms with E-state index in [1.165, 1.54) is 0 Å². The van der Waals surface area contributed by atoms with Gasteiger partial charge in [0, 0.05) is 5.56 Å². The van der Waals surface area contributed by atoms with Crippen LogP contribution in [0, 0.1) is 6.92 Å². The lowest BCUT2D eigenvalue weighted by molar-refractivity contribution is -0.153. The predicted octanol–water partition coefficient (Wildman–Crippen LogP) is 2.08. The fourth-order valence-electron chi connectivity index (χ4n) is 1.81. The second kappa shape index (κ2) is 5.16.